The molecule has 0 saturated carbocycles. The van der Waals surface area contributed by atoms with Crippen LogP contribution in [-0.4, -0.2) is 10.6 Å². The van der Waals surface area contributed by atoms with Crippen molar-refractivity contribution in [3.63, 3.8) is 0 Å². The molecule has 0 aromatic carbocycles. The molecule has 0 aliphatic heterocycles. The predicted molar refractivity (Wildman–Crippen MR) is 38.0 cm³/mol. The minimum atomic E-state index is -2.71. The third-order valence-electron chi connectivity index (χ3n) is 0.271. The monoisotopic (exact) mass is 174 g/mol. The fourth-order valence-corrected chi connectivity index (χ4v) is 1.87. The van der Waals surface area contributed by atoms with Crippen LogP contribution in [0, 0.1) is 0 Å². The zero-order valence-electron chi connectivity index (χ0n) is 4.29. The maximum atomic E-state index is 9.80. The smallest absolute Gasteiger partial charge is 0.326 e. The highest BCUT2D eigenvalue weighted by atomic mass is 33.1. The van der Waals surface area contributed by atoms with Gasteiger partial charge in [0.05, 0.1) is 11.1 Å². The summed E-state index contributed by atoms with van der Waals surface area (Å²) in [4.78, 5) is 8.07. The van der Waals surface area contributed by atoms with Crippen LogP contribution in [0.3, 0.4) is 0 Å². The average Bonchev–Trinajstić information content (AvgIpc) is 1.66. The Morgan fingerprint density at radius 1 is 1.88 bits per heavy atom. The van der Waals surface area contributed by atoms with Gasteiger partial charge in [-0.2, -0.15) is 0 Å². The first kappa shape index (κ1) is 8.85. The van der Waals surface area contributed by atoms with Crippen molar-refractivity contribution in [3.8, 4) is 0 Å². The van der Waals surface area contributed by atoms with Gasteiger partial charge in [0.15, 0.2) is 0 Å². The van der Waals surface area contributed by atoms with Crippen molar-refractivity contribution in [2.45, 2.75) is 6.92 Å². The Morgan fingerprint density at radius 2 is 2.50 bits per heavy atom. The summed E-state index contributed by atoms with van der Waals surface area (Å²) in [5.74, 6) is 0.875. The van der Waals surface area contributed by atoms with Crippen LogP contribution in [0.2, 0.25) is 0 Å². The summed E-state index contributed by atoms with van der Waals surface area (Å²) in [5, 5.41) is 0. The Kier molecular flexibility index (Phi) is 6.61. The quantitative estimate of drug-likeness (QED) is 0.304. The number of hydrogen-bond acceptors (Lipinski definition) is 4. The topological polar surface area (TPSA) is 46.5 Å². The standard InChI is InChI=1S/C2H7O3PS2/c1-2-7-8-5-6(3)4/h6H,2H2,1H3,(H,3,4). The second-order valence-electron chi connectivity index (χ2n) is 0.824. The van der Waals surface area contributed by atoms with Gasteiger partial charge in [0, 0.05) is 5.75 Å². The van der Waals surface area contributed by atoms with Crippen molar-refractivity contribution in [2.75, 3.05) is 5.75 Å². The van der Waals surface area contributed by atoms with Gasteiger partial charge in [0.1, 0.15) is 0 Å². The third kappa shape index (κ3) is 6.85. The van der Waals surface area contributed by atoms with Crippen molar-refractivity contribution in [3.05, 3.63) is 0 Å². The molecule has 1 N–H and O–H groups in total. The van der Waals surface area contributed by atoms with E-state index in [0.717, 1.165) is 16.8 Å². The van der Waals surface area contributed by atoms with Gasteiger partial charge < -0.3 is 4.89 Å². The van der Waals surface area contributed by atoms with Crippen molar-refractivity contribution < 1.29 is 13.4 Å². The molecule has 0 aromatic heterocycles. The van der Waals surface area contributed by atoms with Gasteiger partial charge in [-0.1, -0.05) is 17.7 Å². The molecule has 0 radical (unpaired) electrons. The molecule has 0 spiro atoms. The van der Waals surface area contributed by atoms with Crippen LogP contribution in [0.4, 0.5) is 0 Å². The lowest BCUT2D eigenvalue weighted by Crippen LogP contribution is -1.60. The van der Waals surface area contributed by atoms with Gasteiger partial charge in [-0.15, -0.1) is 0 Å². The van der Waals surface area contributed by atoms with Crippen LogP contribution in [0.15, 0.2) is 0 Å². The van der Waals surface area contributed by atoms with E-state index < -0.39 is 8.25 Å². The van der Waals surface area contributed by atoms with Crippen molar-refractivity contribution in [1.82, 2.24) is 0 Å². The number of hydrogen-bond donors (Lipinski definition) is 1. The van der Waals surface area contributed by atoms with E-state index in [1.807, 2.05) is 6.92 Å². The first-order valence-corrected chi connectivity index (χ1v) is 5.47. The molecule has 0 bridgehead atoms. The SMILES string of the molecule is CCSSO[PH](=O)O. The van der Waals surface area contributed by atoms with Crippen LogP contribution in [0.1, 0.15) is 6.92 Å². The van der Waals surface area contributed by atoms with Gasteiger partial charge >= 0.3 is 8.25 Å². The van der Waals surface area contributed by atoms with Crippen LogP contribution in [-0.2, 0) is 8.54 Å². The Balaban J connectivity index is 2.82. The average molecular weight is 174 g/mol. The molecule has 6 heteroatoms. The first-order valence-electron chi connectivity index (χ1n) is 1.96. The van der Waals surface area contributed by atoms with Crippen molar-refractivity contribution in [2.24, 2.45) is 0 Å². The van der Waals surface area contributed by atoms with Crippen LogP contribution in [0.5, 0.6) is 0 Å². The molecular weight excluding hydrogens is 167 g/mol. The van der Waals surface area contributed by atoms with E-state index in [1.54, 1.807) is 0 Å². The summed E-state index contributed by atoms with van der Waals surface area (Å²) >= 11 is 0.961. The van der Waals surface area contributed by atoms with Crippen molar-refractivity contribution >= 4 is 30.1 Å². The first-order chi connectivity index (χ1) is 3.77. The van der Waals surface area contributed by atoms with E-state index >= 15 is 0 Å². The maximum absolute atomic E-state index is 9.80. The van der Waals surface area contributed by atoms with E-state index in [9.17, 15) is 4.57 Å². The molecule has 0 rings (SSSR count). The molecule has 0 saturated heterocycles. The lowest BCUT2D eigenvalue weighted by Gasteiger charge is -1.91. The van der Waals surface area contributed by atoms with Gasteiger partial charge in [0.25, 0.3) is 0 Å². The largest absolute Gasteiger partial charge is 0.328 e. The fourth-order valence-electron chi connectivity index (χ4n) is 0.101. The van der Waals surface area contributed by atoms with Crippen LogP contribution in [0.25, 0.3) is 0 Å². The molecule has 0 aromatic rings. The molecule has 0 amide bonds. The summed E-state index contributed by atoms with van der Waals surface area (Å²) in [7, 11) is -1.32. The lowest BCUT2D eigenvalue weighted by molar-refractivity contribution is 0.434. The van der Waals surface area contributed by atoms with Crippen LogP contribution < -0.4 is 0 Å². The Bertz CT molecular complexity index is 77.7. The van der Waals surface area contributed by atoms with E-state index in [4.69, 9.17) is 4.89 Å². The molecule has 1 unspecified atom stereocenters. The van der Waals surface area contributed by atoms with Gasteiger partial charge in [-0.3, -0.25) is 4.57 Å². The summed E-state index contributed by atoms with van der Waals surface area (Å²) in [6.07, 6.45) is 0. The fraction of sp³-hybridized carbons (Fsp3) is 1.00. The number of rotatable bonds is 4. The minimum absolute atomic E-state index is 0.875. The molecule has 3 nitrogen and oxygen atoms in total. The second-order valence-corrected chi connectivity index (χ2v) is 4.09. The van der Waals surface area contributed by atoms with E-state index in [2.05, 4.69) is 3.97 Å². The molecule has 1 atom stereocenters. The summed E-state index contributed by atoms with van der Waals surface area (Å²) in [5.41, 5.74) is 0. The Morgan fingerprint density at radius 3 is 2.88 bits per heavy atom. The van der Waals surface area contributed by atoms with Crippen molar-refractivity contribution in [1.29, 1.82) is 0 Å². The molecule has 0 aliphatic carbocycles. The second kappa shape index (κ2) is 5.98. The van der Waals surface area contributed by atoms with E-state index in [0.29, 0.717) is 0 Å². The molecule has 8 heavy (non-hydrogen) atoms. The van der Waals surface area contributed by atoms with Gasteiger partial charge in [-0.05, 0) is 0 Å². The predicted octanol–water partition coefficient (Wildman–Crippen LogP) is 1.70. The maximum Gasteiger partial charge on any atom is 0.328 e. The summed E-state index contributed by atoms with van der Waals surface area (Å²) in [6.45, 7) is 1.94. The summed E-state index contributed by atoms with van der Waals surface area (Å²) < 4.78 is 14.1. The van der Waals surface area contributed by atoms with E-state index in [-0.39, 0.29) is 0 Å². The Labute approximate surface area is 56.7 Å². The molecular formula is C2H7O3PS2. The van der Waals surface area contributed by atoms with Gasteiger partial charge in [0.2, 0.25) is 0 Å². The highest BCUT2D eigenvalue weighted by Crippen LogP contribution is 2.32. The normalized spacial score (nSPS) is 13.8. The minimum Gasteiger partial charge on any atom is -0.326 e. The third-order valence-corrected chi connectivity index (χ3v) is 3.05. The summed E-state index contributed by atoms with van der Waals surface area (Å²) in [6, 6.07) is 0. The highest BCUT2D eigenvalue weighted by Gasteiger charge is 1.90. The molecule has 0 fully saturated rings. The van der Waals surface area contributed by atoms with Gasteiger partial charge in [-0.25, -0.2) is 3.97 Å². The zero-order chi connectivity index (χ0) is 6.41. The molecule has 0 aliphatic rings. The van der Waals surface area contributed by atoms with Crippen LogP contribution >= 0.6 is 30.1 Å². The highest BCUT2D eigenvalue weighted by molar-refractivity contribution is 8.75. The van der Waals surface area contributed by atoms with E-state index in [1.165, 1.54) is 10.8 Å². The molecule has 50 valence electrons. The Hall–Kier alpha value is 0.850. The molecule has 0 heterocycles. The zero-order valence-corrected chi connectivity index (χ0v) is 6.92. The lowest BCUT2D eigenvalue weighted by atomic mass is 11.0.